The average Bonchev–Trinajstić information content (AvgIpc) is 2.68. The second-order valence-electron chi connectivity index (χ2n) is 5.74. The zero-order chi connectivity index (χ0) is 14.5. The van der Waals surface area contributed by atoms with Crippen LogP contribution in [-0.4, -0.2) is 75.1 Å². The van der Waals surface area contributed by atoms with Crippen LogP contribution in [0.5, 0.6) is 0 Å². The third-order valence-electron chi connectivity index (χ3n) is 4.22. The van der Waals surface area contributed by atoms with Crippen molar-refractivity contribution in [1.82, 2.24) is 15.1 Å². The van der Waals surface area contributed by atoms with Crippen molar-refractivity contribution >= 4 is 11.8 Å². The molecule has 0 aromatic carbocycles. The highest BCUT2D eigenvalue weighted by Gasteiger charge is 2.32. The molecule has 0 aromatic rings. The van der Waals surface area contributed by atoms with Gasteiger partial charge in [0.1, 0.15) is 0 Å². The second kappa shape index (κ2) is 7.04. The van der Waals surface area contributed by atoms with Crippen molar-refractivity contribution in [3.05, 3.63) is 0 Å². The van der Waals surface area contributed by atoms with Crippen molar-refractivity contribution < 1.29 is 14.3 Å². The molecule has 1 atom stereocenters. The van der Waals surface area contributed by atoms with E-state index in [9.17, 15) is 9.59 Å². The van der Waals surface area contributed by atoms with Crippen LogP contribution < -0.4 is 5.32 Å². The van der Waals surface area contributed by atoms with E-state index < -0.39 is 0 Å². The first-order chi connectivity index (χ1) is 9.61. The molecule has 20 heavy (non-hydrogen) atoms. The monoisotopic (exact) mass is 283 g/mol. The first-order valence-electron chi connectivity index (χ1n) is 7.38. The summed E-state index contributed by atoms with van der Waals surface area (Å²) in [5.74, 6) is 0.134. The van der Waals surface area contributed by atoms with E-state index in [-0.39, 0.29) is 23.7 Å². The summed E-state index contributed by atoms with van der Waals surface area (Å²) in [6, 6.07) is 0. The summed E-state index contributed by atoms with van der Waals surface area (Å²) >= 11 is 0. The van der Waals surface area contributed by atoms with Crippen LogP contribution in [0.25, 0.3) is 0 Å². The summed E-state index contributed by atoms with van der Waals surface area (Å²) in [4.78, 5) is 28.5. The lowest BCUT2D eigenvalue weighted by atomic mass is 9.98. The lowest BCUT2D eigenvalue weighted by molar-refractivity contribution is -0.139. The van der Waals surface area contributed by atoms with E-state index in [0.29, 0.717) is 32.8 Å². The van der Waals surface area contributed by atoms with Crippen LogP contribution in [0.4, 0.5) is 0 Å². The van der Waals surface area contributed by atoms with E-state index in [1.807, 2.05) is 11.9 Å². The Morgan fingerprint density at radius 3 is 2.45 bits per heavy atom. The Kier molecular flexibility index (Phi) is 5.37. The molecule has 0 saturated carbocycles. The third kappa shape index (κ3) is 3.70. The predicted octanol–water partition coefficient (Wildman–Crippen LogP) is -0.451. The molecule has 1 N–H and O–H groups in total. The molecule has 2 amide bonds. The molecule has 2 saturated heterocycles. The molecular formula is C14H25N3O3. The maximum absolute atomic E-state index is 12.6. The van der Waals surface area contributed by atoms with Gasteiger partial charge in [-0.1, -0.05) is 0 Å². The highest BCUT2D eigenvalue weighted by Crippen LogP contribution is 2.19. The van der Waals surface area contributed by atoms with E-state index in [4.69, 9.17) is 4.74 Å². The van der Waals surface area contributed by atoms with Gasteiger partial charge in [-0.2, -0.15) is 0 Å². The minimum Gasteiger partial charge on any atom is -0.381 e. The van der Waals surface area contributed by atoms with Crippen LogP contribution in [-0.2, 0) is 14.3 Å². The molecule has 2 heterocycles. The number of amides is 2. The molecule has 2 fully saturated rings. The Balaban J connectivity index is 2.01. The molecule has 2 rings (SSSR count). The van der Waals surface area contributed by atoms with Crippen molar-refractivity contribution in [2.45, 2.75) is 12.8 Å². The number of carbonyl (C=O) groups excluding carboxylic acids is 2. The number of likely N-dealkylation sites (N-methyl/N-ethyl adjacent to an activating group) is 1. The number of nitrogens with zero attached hydrogens (tertiary/aromatic N) is 2. The predicted molar refractivity (Wildman–Crippen MR) is 75.2 cm³/mol. The van der Waals surface area contributed by atoms with Gasteiger partial charge in [0, 0.05) is 52.4 Å². The number of ether oxygens (including phenoxy) is 1. The number of hydrogen-bond donors (Lipinski definition) is 1. The molecule has 2 aliphatic heterocycles. The molecule has 0 radical (unpaired) electrons. The summed E-state index contributed by atoms with van der Waals surface area (Å²) in [5.41, 5.74) is 0. The number of nitrogens with one attached hydrogen (secondary N) is 1. The van der Waals surface area contributed by atoms with Gasteiger partial charge >= 0.3 is 0 Å². The summed E-state index contributed by atoms with van der Waals surface area (Å²) < 4.78 is 5.31. The Labute approximate surface area is 120 Å². The lowest BCUT2D eigenvalue weighted by Gasteiger charge is -2.29. The Morgan fingerprint density at radius 1 is 1.10 bits per heavy atom. The molecular weight excluding hydrogens is 258 g/mol. The first-order valence-corrected chi connectivity index (χ1v) is 7.38. The highest BCUT2D eigenvalue weighted by molar-refractivity contribution is 5.82. The fourth-order valence-corrected chi connectivity index (χ4v) is 2.95. The summed E-state index contributed by atoms with van der Waals surface area (Å²) in [6.45, 7) is 4.10. The van der Waals surface area contributed by atoms with Crippen LogP contribution in [0.2, 0.25) is 0 Å². The maximum Gasteiger partial charge on any atom is 0.225 e. The van der Waals surface area contributed by atoms with Gasteiger partial charge in [0.15, 0.2) is 0 Å². The largest absolute Gasteiger partial charge is 0.381 e. The van der Waals surface area contributed by atoms with E-state index in [1.54, 1.807) is 7.05 Å². The number of rotatable bonds is 2. The molecule has 2 aliphatic rings. The molecule has 6 heteroatoms. The normalized spacial score (nSPS) is 26.1. The first kappa shape index (κ1) is 15.3. The molecule has 0 bridgehead atoms. The van der Waals surface area contributed by atoms with Crippen LogP contribution in [0, 0.1) is 11.8 Å². The van der Waals surface area contributed by atoms with Crippen LogP contribution >= 0.6 is 0 Å². The minimum atomic E-state index is -0.142. The number of hydrogen-bond acceptors (Lipinski definition) is 4. The van der Waals surface area contributed by atoms with Crippen molar-refractivity contribution in [3.63, 3.8) is 0 Å². The number of carbonyl (C=O) groups is 2. The van der Waals surface area contributed by atoms with Gasteiger partial charge < -0.3 is 19.9 Å². The smallest absolute Gasteiger partial charge is 0.225 e. The van der Waals surface area contributed by atoms with Crippen molar-refractivity contribution in [3.8, 4) is 0 Å². The Bertz CT molecular complexity index is 356. The van der Waals surface area contributed by atoms with Crippen molar-refractivity contribution in [2.75, 3.05) is 53.5 Å². The van der Waals surface area contributed by atoms with Crippen molar-refractivity contribution in [1.29, 1.82) is 0 Å². The van der Waals surface area contributed by atoms with Crippen LogP contribution in [0.3, 0.4) is 0 Å². The second-order valence-corrected chi connectivity index (χ2v) is 5.74. The third-order valence-corrected chi connectivity index (χ3v) is 4.22. The Morgan fingerprint density at radius 2 is 1.80 bits per heavy atom. The van der Waals surface area contributed by atoms with Crippen molar-refractivity contribution in [2.24, 2.45) is 11.8 Å². The van der Waals surface area contributed by atoms with Crippen LogP contribution in [0.1, 0.15) is 12.8 Å². The van der Waals surface area contributed by atoms with E-state index >= 15 is 0 Å². The molecule has 0 aromatic heterocycles. The maximum atomic E-state index is 12.6. The van der Waals surface area contributed by atoms with Gasteiger partial charge in [-0.25, -0.2) is 0 Å². The fourth-order valence-electron chi connectivity index (χ4n) is 2.95. The summed E-state index contributed by atoms with van der Waals surface area (Å²) in [6.07, 6.45) is 1.60. The van der Waals surface area contributed by atoms with Crippen LogP contribution in [0.15, 0.2) is 0 Å². The molecule has 0 spiro atoms. The lowest BCUT2D eigenvalue weighted by Crippen LogP contribution is -2.44. The molecule has 0 unspecified atom stereocenters. The van der Waals surface area contributed by atoms with Gasteiger partial charge in [0.25, 0.3) is 0 Å². The van der Waals surface area contributed by atoms with E-state index in [1.165, 1.54) is 0 Å². The topological polar surface area (TPSA) is 61.9 Å². The summed E-state index contributed by atoms with van der Waals surface area (Å²) in [5, 5.41) is 2.70. The minimum absolute atomic E-state index is 0.0172. The average molecular weight is 283 g/mol. The quantitative estimate of drug-likeness (QED) is 0.745. The van der Waals surface area contributed by atoms with Gasteiger partial charge in [-0.15, -0.1) is 0 Å². The zero-order valence-electron chi connectivity index (χ0n) is 12.4. The van der Waals surface area contributed by atoms with Gasteiger partial charge in [0.2, 0.25) is 11.8 Å². The van der Waals surface area contributed by atoms with E-state index in [0.717, 1.165) is 19.4 Å². The van der Waals surface area contributed by atoms with Gasteiger partial charge in [-0.3, -0.25) is 9.59 Å². The summed E-state index contributed by atoms with van der Waals surface area (Å²) in [7, 11) is 3.65. The van der Waals surface area contributed by atoms with Gasteiger partial charge in [-0.05, 0) is 19.9 Å². The highest BCUT2D eigenvalue weighted by atomic mass is 16.5. The van der Waals surface area contributed by atoms with Gasteiger partial charge in [0.05, 0.1) is 5.92 Å². The molecule has 114 valence electrons. The van der Waals surface area contributed by atoms with E-state index in [2.05, 4.69) is 10.2 Å². The fraction of sp³-hybridized carbons (Fsp3) is 0.857. The molecule has 6 nitrogen and oxygen atoms in total. The standard InChI is InChI=1S/C14H25N3O3/c1-15-13(18)12-9-16(2)5-6-17(10-12)14(19)11-3-7-20-8-4-11/h11-12H,3-10H2,1-2H3,(H,15,18)/t12-/m0/s1. The zero-order valence-corrected chi connectivity index (χ0v) is 12.4. The molecule has 0 aliphatic carbocycles. The SMILES string of the molecule is CNC(=O)[C@H]1CN(C)CCN(C(=O)C2CCOCC2)C1. The Hall–Kier alpha value is -1.14.